The zero-order valence-corrected chi connectivity index (χ0v) is 34.9. The highest BCUT2D eigenvalue weighted by atomic mass is 35.5. The predicted octanol–water partition coefficient (Wildman–Crippen LogP) is 3.13. The van der Waals surface area contributed by atoms with Gasteiger partial charge in [-0.25, -0.2) is 19.9 Å². The van der Waals surface area contributed by atoms with Gasteiger partial charge in [-0.2, -0.15) is 0 Å². The topological polar surface area (TPSA) is 219 Å². The van der Waals surface area contributed by atoms with Crippen molar-refractivity contribution in [2.24, 2.45) is 14.1 Å². The molecule has 318 valence electrons. The number of aryl methyl sites for hydroxylation is 4. The average Bonchev–Trinajstić information content (AvgIpc) is 3.86. The van der Waals surface area contributed by atoms with Crippen molar-refractivity contribution < 1.29 is 28.3 Å². The van der Waals surface area contributed by atoms with E-state index in [4.69, 9.17) is 32.5 Å². The van der Waals surface area contributed by atoms with Gasteiger partial charge in [-0.05, 0) is 61.1 Å². The van der Waals surface area contributed by atoms with E-state index in [2.05, 4.69) is 35.9 Å². The molecule has 2 aromatic carbocycles. The maximum absolute atomic E-state index is 13.3. The van der Waals surface area contributed by atoms with Crippen LogP contribution in [-0.2, 0) is 49.6 Å². The summed E-state index contributed by atoms with van der Waals surface area (Å²) in [5.74, 6) is 0.300. The highest BCUT2D eigenvalue weighted by molar-refractivity contribution is 6.31. The summed E-state index contributed by atoms with van der Waals surface area (Å²) >= 11 is 6.08. The molecule has 1 unspecified atom stereocenters. The number of anilines is 2. The number of quaternary nitrogens is 1. The van der Waals surface area contributed by atoms with Crippen molar-refractivity contribution in [2.75, 3.05) is 50.9 Å². The molecular weight excluding hydrogens is 788 g/mol. The summed E-state index contributed by atoms with van der Waals surface area (Å²) in [6.45, 7) is 4.11. The molecule has 3 amide bonds. The van der Waals surface area contributed by atoms with Crippen LogP contribution in [0.4, 0.5) is 11.6 Å². The normalized spacial score (nSPS) is 14.6. The van der Waals surface area contributed by atoms with Gasteiger partial charge >= 0.3 is 0 Å². The number of piperidine rings is 1. The molecule has 0 radical (unpaired) electrons. The summed E-state index contributed by atoms with van der Waals surface area (Å²) in [6, 6.07) is 15.6. The minimum Gasteiger partial charge on any atom is -0.484 e. The Morgan fingerprint density at radius 3 is 1.78 bits per heavy atom. The summed E-state index contributed by atoms with van der Waals surface area (Å²) in [5, 5.41) is 8.73. The highest BCUT2D eigenvalue weighted by Gasteiger charge is 2.35. The first-order valence-corrected chi connectivity index (χ1v) is 20.4. The Bertz CT molecular complexity index is 2100. The van der Waals surface area contributed by atoms with Gasteiger partial charge in [-0.15, -0.1) is 0 Å². The summed E-state index contributed by atoms with van der Waals surface area (Å²) < 4.78 is 16.0. The molecule has 60 heavy (non-hydrogen) atoms. The number of likely N-dealkylation sites (tertiary alicyclic amines) is 1. The molecule has 3 aromatic heterocycles. The van der Waals surface area contributed by atoms with Gasteiger partial charge in [-0.3, -0.25) is 14.4 Å². The fourth-order valence-electron chi connectivity index (χ4n) is 7.46. The van der Waals surface area contributed by atoms with E-state index in [0.29, 0.717) is 24.6 Å². The quantitative estimate of drug-likeness (QED) is 0.0717. The van der Waals surface area contributed by atoms with Crippen molar-refractivity contribution in [2.45, 2.75) is 57.7 Å². The van der Waals surface area contributed by atoms with Crippen LogP contribution in [0.1, 0.15) is 58.7 Å². The van der Waals surface area contributed by atoms with E-state index in [1.807, 2.05) is 84.2 Å². The first kappa shape index (κ1) is 43.4. The molecule has 0 bridgehead atoms. The Hall–Kier alpha value is -6.20. The average molecular weight is 842 g/mol. The summed E-state index contributed by atoms with van der Waals surface area (Å²) in [7, 11) is 3.76. The summed E-state index contributed by atoms with van der Waals surface area (Å²) in [6.07, 6.45) is 12.4. The van der Waals surface area contributed by atoms with E-state index in [-0.39, 0.29) is 53.6 Å². The van der Waals surface area contributed by atoms with Gasteiger partial charge in [0.1, 0.15) is 11.5 Å². The minimum absolute atomic E-state index is 0.0248. The molecular formula is C42H54ClN12O5+. The lowest BCUT2D eigenvalue weighted by atomic mass is 9.99. The fraction of sp³-hybridized carbons (Fsp3) is 0.405. The number of nitrogens with one attached hydrogen (secondary N) is 3. The van der Waals surface area contributed by atoms with Gasteiger partial charge in [0.25, 0.3) is 17.7 Å². The molecule has 0 spiro atoms. The van der Waals surface area contributed by atoms with Gasteiger partial charge in [-0.1, -0.05) is 35.9 Å². The highest BCUT2D eigenvalue weighted by Crippen LogP contribution is 2.25. The van der Waals surface area contributed by atoms with E-state index in [1.54, 1.807) is 12.7 Å². The van der Waals surface area contributed by atoms with Gasteiger partial charge in [0.05, 0.1) is 69.4 Å². The third kappa shape index (κ3) is 12.9. The summed E-state index contributed by atoms with van der Waals surface area (Å²) in [4.78, 5) is 54.5. The van der Waals surface area contributed by atoms with Gasteiger partial charge in [0, 0.05) is 39.3 Å². The second kappa shape index (κ2) is 20.7. The van der Waals surface area contributed by atoms with Crippen molar-refractivity contribution in [1.29, 1.82) is 0 Å². The first-order chi connectivity index (χ1) is 28.9. The molecule has 1 saturated heterocycles. The molecule has 5 aromatic rings. The third-order valence-electron chi connectivity index (χ3n) is 10.5. The van der Waals surface area contributed by atoms with E-state index in [0.717, 1.165) is 80.6 Å². The summed E-state index contributed by atoms with van der Waals surface area (Å²) in [5.41, 5.74) is 15.6. The maximum Gasteiger partial charge on any atom is 0.274 e. The van der Waals surface area contributed by atoms with Crippen LogP contribution < -0.4 is 36.9 Å². The molecule has 0 aliphatic carbocycles. The molecule has 1 aliphatic heterocycles. The number of nitrogens with zero attached hydrogens (tertiary/aromatic N) is 7. The zero-order chi connectivity index (χ0) is 42.5. The van der Waals surface area contributed by atoms with Gasteiger partial charge in [0.2, 0.25) is 0 Å². The van der Waals surface area contributed by atoms with E-state index in [9.17, 15) is 14.4 Å². The molecule has 1 fully saturated rings. The number of carbonyl (C=O) groups is 3. The standard InChI is InChI=1S/C42H53ClN12O5/c1-53-22-32(48-27-53)20-46-36(56)25-59-34-13-9-29(10-14-34)6-3-17-55(19-5-8-31(24-55)50-42(58)38-40(44)52-41(45)39(43)51-38)18-4-7-30-11-15-35(16-12-30)60-26-37(57)47-21-33-23-54(2)28-49-33/h9-16,22-23,27-28,31H,3-8,17-21,24-26H2,1-2H3,(H6-,44,45,46,47,50,52,56,57,58)/p+1. The Labute approximate surface area is 354 Å². The Morgan fingerprint density at radius 2 is 1.30 bits per heavy atom. The smallest absolute Gasteiger partial charge is 0.274 e. The lowest BCUT2D eigenvalue weighted by Gasteiger charge is -2.45. The molecule has 0 saturated carbocycles. The van der Waals surface area contributed by atoms with Crippen molar-refractivity contribution in [1.82, 2.24) is 45.0 Å². The lowest BCUT2D eigenvalue weighted by molar-refractivity contribution is -0.933. The van der Waals surface area contributed by atoms with Crippen LogP contribution in [0.5, 0.6) is 11.5 Å². The second-order valence-corrected chi connectivity index (χ2v) is 15.7. The number of aromatic nitrogens is 6. The third-order valence-corrected chi connectivity index (χ3v) is 10.8. The zero-order valence-electron chi connectivity index (χ0n) is 34.1. The number of nitrogens with two attached hydrogens (primary N) is 2. The number of carbonyl (C=O) groups excluding carboxylic acids is 3. The predicted molar refractivity (Wildman–Crippen MR) is 227 cm³/mol. The van der Waals surface area contributed by atoms with E-state index in [1.165, 1.54) is 11.1 Å². The number of nitrogen functional groups attached to an aromatic ring is 2. The van der Waals surface area contributed by atoms with Crippen LogP contribution in [-0.4, -0.2) is 96.7 Å². The van der Waals surface area contributed by atoms with Crippen LogP contribution in [0.2, 0.25) is 5.15 Å². The number of ether oxygens (including phenoxy) is 2. The Morgan fingerprint density at radius 1 is 0.783 bits per heavy atom. The van der Waals surface area contributed by atoms with Crippen molar-refractivity contribution in [3.8, 4) is 11.5 Å². The molecule has 7 N–H and O–H groups in total. The van der Waals surface area contributed by atoms with Crippen LogP contribution in [0.15, 0.2) is 73.6 Å². The van der Waals surface area contributed by atoms with E-state index >= 15 is 0 Å². The maximum atomic E-state index is 13.3. The number of halogens is 1. The van der Waals surface area contributed by atoms with Crippen LogP contribution in [0.3, 0.4) is 0 Å². The van der Waals surface area contributed by atoms with E-state index < -0.39 is 5.91 Å². The Kier molecular flexibility index (Phi) is 14.9. The Balaban J connectivity index is 1.01. The largest absolute Gasteiger partial charge is 0.484 e. The number of imidazole rings is 2. The molecule has 1 atom stereocenters. The monoisotopic (exact) mass is 841 g/mol. The van der Waals surface area contributed by atoms with Crippen molar-refractivity contribution >= 4 is 41.0 Å². The fourth-order valence-corrected chi connectivity index (χ4v) is 7.58. The first-order valence-electron chi connectivity index (χ1n) is 20.1. The number of hydrogen-bond acceptors (Lipinski definition) is 11. The lowest BCUT2D eigenvalue weighted by Crippen LogP contribution is -2.60. The number of hydrogen-bond donors (Lipinski definition) is 5. The number of rotatable bonds is 20. The number of amides is 3. The molecule has 6 rings (SSSR count). The van der Waals surface area contributed by atoms with Gasteiger partial charge < -0.3 is 50.5 Å². The van der Waals surface area contributed by atoms with Crippen LogP contribution in [0.25, 0.3) is 0 Å². The van der Waals surface area contributed by atoms with Crippen molar-refractivity contribution in [3.05, 3.63) is 107 Å². The molecule has 1 aliphatic rings. The van der Waals surface area contributed by atoms with Gasteiger partial charge in [0.15, 0.2) is 35.7 Å². The second-order valence-electron chi connectivity index (χ2n) is 15.3. The van der Waals surface area contributed by atoms with Crippen LogP contribution in [0, 0.1) is 0 Å². The molecule has 4 heterocycles. The van der Waals surface area contributed by atoms with Crippen molar-refractivity contribution in [3.63, 3.8) is 0 Å². The SMILES string of the molecule is Cn1cnc(CNC(=O)COc2ccc(CCC[N+]3(CCCc4ccc(OCC(=O)NCc5cn(C)cn5)cc4)CCCC(NC(=O)c4nc(Cl)c(N)nc4N)C3)cc2)c1. The number of benzene rings is 2. The molecule has 18 heteroatoms. The molecule has 17 nitrogen and oxygen atoms in total. The van der Waals surface area contributed by atoms with Crippen LogP contribution >= 0.6 is 11.6 Å². The minimum atomic E-state index is -0.423.